The van der Waals surface area contributed by atoms with Gasteiger partial charge in [-0.1, -0.05) is 0 Å². The van der Waals surface area contributed by atoms with Crippen molar-refractivity contribution >= 4 is 5.82 Å². The number of hydrogen-bond donors (Lipinski definition) is 3. The maximum Gasteiger partial charge on any atom is 0.252 e. The molecule has 1 aromatic rings. The van der Waals surface area contributed by atoms with Gasteiger partial charge in [0.1, 0.15) is 11.6 Å². The summed E-state index contributed by atoms with van der Waals surface area (Å²) in [4.78, 5) is 17.8. The second-order valence-corrected chi connectivity index (χ2v) is 3.78. The molecule has 5 heteroatoms. The summed E-state index contributed by atoms with van der Waals surface area (Å²) in [7, 11) is 0. The zero-order valence-electron chi connectivity index (χ0n) is 8.00. The van der Waals surface area contributed by atoms with Crippen LogP contribution in [0.3, 0.4) is 0 Å². The molecule has 0 unspecified atom stereocenters. The normalized spacial score (nSPS) is 17.9. The summed E-state index contributed by atoms with van der Waals surface area (Å²) < 4.78 is 0. The molecule has 0 bridgehead atoms. The molecule has 3 N–H and O–H groups in total. The number of rotatable bonds is 3. The highest BCUT2D eigenvalue weighted by molar-refractivity contribution is 5.39. The average molecular weight is 195 g/mol. The Labute approximate surface area is 81.2 Å². The number of aromatic amines is 1. The third-order valence-corrected chi connectivity index (χ3v) is 2.41. The van der Waals surface area contributed by atoms with E-state index >= 15 is 0 Å². The van der Waals surface area contributed by atoms with Crippen LogP contribution < -0.4 is 10.9 Å². The van der Waals surface area contributed by atoms with E-state index in [0.29, 0.717) is 11.6 Å². The summed E-state index contributed by atoms with van der Waals surface area (Å²) in [5.74, 6) is 1.12. The van der Waals surface area contributed by atoms with Crippen molar-refractivity contribution in [3.63, 3.8) is 0 Å². The van der Waals surface area contributed by atoms with E-state index in [0.717, 1.165) is 12.8 Å². The van der Waals surface area contributed by atoms with Gasteiger partial charge in [-0.2, -0.15) is 0 Å². The van der Waals surface area contributed by atoms with Crippen LogP contribution in [0.1, 0.15) is 18.7 Å². The summed E-state index contributed by atoms with van der Waals surface area (Å²) >= 11 is 0. The van der Waals surface area contributed by atoms with Crippen LogP contribution in [0, 0.1) is 6.92 Å². The Hall–Kier alpha value is -1.36. The van der Waals surface area contributed by atoms with Crippen LogP contribution in [-0.2, 0) is 0 Å². The molecule has 0 atom stereocenters. The number of anilines is 1. The lowest BCUT2D eigenvalue weighted by atomic mass is 10.3. The third-order valence-electron chi connectivity index (χ3n) is 2.41. The monoisotopic (exact) mass is 195 g/mol. The molecule has 0 spiro atoms. The highest BCUT2D eigenvalue weighted by atomic mass is 16.3. The lowest BCUT2D eigenvalue weighted by Gasteiger charge is -2.14. The Kier molecular flexibility index (Phi) is 2.03. The molecular formula is C9H13N3O2. The van der Waals surface area contributed by atoms with Gasteiger partial charge in [-0.25, -0.2) is 4.98 Å². The quantitative estimate of drug-likeness (QED) is 0.635. The molecule has 1 aliphatic rings. The molecule has 0 radical (unpaired) electrons. The molecule has 2 rings (SSSR count). The SMILES string of the molecule is Cc1nc(NC2(CO)CC2)cc(=O)[nH]1. The molecule has 76 valence electrons. The Balaban J connectivity index is 2.21. The van der Waals surface area contributed by atoms with Gasteiger partial charge >= 0.3 is 0 Å². The first-order chi connectivity index (χ1) is 6.63. The van der Waals surface area contributed by atoms with Gasteiger partial charge < -0.3 is 15.4 Å². The lowest BCUT2D eigenvalue weighted by molar-refractivity contribution is 0.266. The van der Waals surface area contributed by atoms with Gasteiger partial charge in [0.25, 0.3) is 5.56 Å². The second kappa shape index (κ2) is 3.09. The molecule has 1 heterocycles. The van der Waals surface area contributed by atoms with E-state index in [1.807, 2.05) is 0 Å². The summed E-state index contributed by atoms with van der Waals surface area (Å²) in [6.07, 6.45) is 1.86. The second-order valence-electron chi connectivity index (χ2n) is 3.78. The van der Waals surface area contributed by atoms with Crippen molar-refractivity contribution in [2.45, 2.75) is 25.3 Å². The van der Waals surface area contributed by atoms with Crippen molar-refractivity contribution in [1.82, 2.24) is 9.97 Å². The predicted molar refractivity (Wildman–Crippen MR) is 52.3 cm³/mol. The smallest absolute Gasteiger partial charge is 0.252 e. The zero-order valence-corrected chi connectivity index (χ0v) is 8.00. The van der Waals surface area contributed by atoms with Crippen molar-refractivity contribution in [1.29, 1.82) is 0 Å². The molecule has 1 saturated carbocycles. The Morgan fingerprint density at radius 3 is 2.93 bits per heavy atom. The van der Waals surface area contributed by atoms with Crippen molar-refractivity contribution in [3.8, 4) is 0 Å². The number of hydrogen-bond acceptors (Lipinski definition) is 4. The van der Waals surface area contributed by atoms with E-state index < -0.39 is 0 Å². The molecule has 1 aliphatic carbocycles. The van der Waals surface area contributed by atoms with Crippen molar-refractivity contribution < 1.29 is 5.11 Å². The van der Waals surface area contributed by atoms with E-state index in [1.54, 1.807) is 6.92 Å². The number of H-pyrrole nitrogens is 1. The first-order valence-corrected chi connectivity index (χ1v) is 4.61. The number of aliphatic hydroxyl groups is 1. The van der Waals surface area contributed by atoms with E-state index in [4.69, 9.17) is 5.11 Å². The van der Waals surface area contributed by atoms with E-state index in [-0.39, 0.29) is 17.7 Å². The molecule has 0 saturated heterocycles. The molecule has 0 amide bonds. The Morgan fingerprint density at radius 1 is 1.71 bits per heavy atom. The number of nitrogens with one attached hydrogen (secondary N) is 2. The number of aliphatic hydroxyl groups excluding tert-OH is 1. The van der Waals surface area contributed by atoms with E-state index in [2.05, 4.69) is 15.3 Å². The van der Waals surface area contributed by atoms with Crippen LogP contribution in [0.25, 0.3) is 0 Å². The van der Waals surface area contributed by atoms with Crippen LogP contribution in [0.5, 0.6) is 0 Å². The first-order valence-electron chi connectivity index (χ1n) is 4.61. The molecule has 5 nitrogen and oxygen atoms in total. The van der Waals surface area contributed by atoms with Crippen molar-refractivity contribution in [2.75, 3.05) is 11.9 Å². The van der Waals surface area contributed by atoms with Gasteiger partial charge in [-0.05, 0) is 19.8 Å². The number of aromatic nitrogens is 2. The summed E-state index contributed by atoms with van der Waals surface area (Å²) in [6.45, 7) is 1.81. The molecule has 0 aromatic carbocycles. The van der Waals surface area contributed by atoms with Gasteiger partial charge in [0.2, 0.25) is 0 Å². The minimum atomic E-state index is -0.229. The van der Waals surface area contributed by atoms with E-state index in [9.17, 15) is 4.79 Å². The Morgan fingerprint density at radius 2 is 2.43 bits per heavy atom. The molecular weight excluding hydrogens is 182 g/mol. The van der Waals surface area contributed by atoms with Crippen LogP contribution in [0.4, 0.5) is 5.82 Å². The third kappa shape index (κ3) is 1.77. The van der Waals surface area contributed by atoms with Gasteiger partial charge in [-0.15, -0.1) is 0 Å². The highest BCUT2D eigenvalue weighted by Crippen LogP contribution is 2.37. The van der Waals surface area contributed by atoms with Crippen LogP contribution in [0.15, 0.2) is 10.9 Å². The average Bonchev–Trinajstić information content (AvgIpc) is 2.83. The fourth-order valence-electron chi connectivity index (χ4n) is 1.39. The summed E-state index contributed by atoms with van der Waals surface area (Å²) in [6, 6.07) is 1.41. The van der Waals surface area contributed by atoms with Crippen molar-refractivity contribution in [2.24, 2.45) is 0 Å². The van der Waals surface area contributed by atoms with Gasteiger partial charge in [-0.3, -0.25) is 4.79 Å². The zero-order chi connectivity index (χ0) is 10.2. The topological polar surface area (TPSA) is 78.0 Å². The maximum atomic E-state index is 11.1. The highest BCUT2D eigenvalue weighted by Gasteiger charge is 2.42. The molecule has 1 aromatic heterocycles. The molecule has 0 aliphatic heterocycles. The number of aryl methyl sites for hydroxylation is 1. The summed E-state index contributed by atoms with van der Waals surface area (Å²) in [5, 5.41) is 12.2. The van der Waals surface area contributed by atoms with Crippen LogP contribution in [0.2, 0.25) is 0 Å². The van der Waals surface area contributed by atoms with Gasteiger partial charge in [0.05, 0.1) is 12.1 Å². The minimum absolute atomic E-state index is 0.0839. The predicted octanol–water partition coefficient (Wildman–Crippen LogP) is 0.0151. The first kappa shape index (κ1) is 9.21. The van der Waals surface area contributed by atoms with E-state index in [1.165, 1.54) is 6.07 Å². The van der Waals surface area contributed by atoms with Crippen LogP contribution in [-0.4, -0.2) is 27.2 Å². The molecule has 14 heavy (non-hydrogen) atoms. The maximum absolute atomic E-state index is 11.1. The Bertz CT molecular complexity index is 395. The standard InChI is InChI=1S/C9H13N3O2/c1-6-10-7(4-8(14)11-6)12-9(5-13)2-3-9/h4,13H,2-3,5H2,1H3,(H2,10,11,12,14). The lowest BCUT2D eigenvalue weighted by Crippen LogP contribution is -2.27. The fraction of sp³-hybridized carbons (Fsp3) is 0.556. The molecule has 1 fully saturated rings. The van der Waals surface area contributed by atoms with Gasteiger partial charge in [0.15, 0.2) is 0 Å². The van der Waals surface area contributed by atoms with Crippen LogP contribution >= 0.6 is 0 Å². The summed E-state index contributed by atoms with van der Waals surface area (Å²) in [5.41, 5.74) is -0.401. The largest absolute Gasteiger partial charge is 0.394 e. The number of nitrogens with zero attached hydrogens (tertiary/aromatic N) is 1. The van der Waals surface area contributed by atoms with Crippen molar-refractivity contribution in [3.05, 3.63) is 22.2 Å². The fourth-order valence-corrected chi connectivity index (χ4v) is 1.39. The minimum Gasteiger partial charge on any atom is -0.394 e. The van der Waals surface area contributed by atoms with Gasteiger partial charge in [0, 0.05) is 6.07 Å².